The second kappa shape index (κ2) is 8.34. The lowest BCUT2D eigenvalue weighted by Gasteiger charge is -2.11. The number of carbonyl (C=O) groups is 2. The fourth-order valence-corrected chi connectivity index (χ4v) is 2.65. The van der Waals surface area contributed by atoms with Crippen LogP contribution in [0.5, 0.6) is 5.75 Å². The van der Waals surface area contributed by atoms with Crippen LogP contribution < -0.4 is 20.5 Å². The van der Waals surface area contributed by atoms with E-state index in [1.165, 1.54) is 12.1 Å². The minimum Gasteiger partial charge on any atom is -0.493 e. The van der Waals surface area contributed by atoms with Crippen molar-refractivity contribution in [2.24, 2.45) is 5.73 Å². The molecule has 0 spiro atoms. The van der Waals surface area contributed by atoms with Crippen LogP contribution in [0.25, 0.3) is 0 Å². The van der Waals surface area contributed by atoms with Gasteiger partial charge < -0.3 is 15.8 Å². The molecule has 4 N–H and O–H groups in total. The summed E-state index contributed by atoms with van der Waals surface area (Å²) in [5.41, 5.74) is 5.93. The van der Waals surface area contributed by atoms with E-state index in [0.29, 0.717) is 11.4 Å². The van der Waals surface area contributed by atoms with Crippen LogP contribution in [0.2, 0.25) is 0 Å². The number of sulfonamides is 1. The van der Waals surface area contributed by atoms with Crippen LogP contribution in [0.3, 0.4) is 0 Å². The topological polar surface area (TPSA) is 128 Å². The van der Waals surface area contributed by atoms with Crippen LogP contribution in [0.1, 0.15) is 16.8 Å². The molecule has 9 heteroatoms. The number of para-hydroxylation sites is 1. The summed E-state index contributed by atoms with van der Waals surface area (Å²) in [5.74, 6) is -0.377. The first-order chi connectivity index (χ1) is 12.2. The van der Waals surface area contributed by atoms with Crippen LogP contribution >= 0.6 is 0 Å². The van der Waals surface area contributed by atoms with Crippen molar-refractivity contribution in [2.75, 3.05) is 22.9 Å². The van der Waals surface area contributed by atoms with Gasteiger partial charge in [0.05, 0.1) is 30.5 Å². The summed E-state index contributed by atoms with van der Waals surface area (Å²) in [6.45, 7) is 0.172. The van der Waals surface area contributed by atoms with Gasteiger partial charge in [-0.25, -0.2) is 8.42 Å². The molecule has 0 atom stereocenters. The molecule has 0 bridgehead atoms. The third-order valence-corrected chi connectivity index (χ3v) is 3.79. The molecule has 26 heavy (non-hydrogen) atoms. The van der Waals surface area contributed by atoms with Gasteiger partial charge in [0.15, 0.2) is 0 Å². The first kappa shape index (κ1) is 19.3. The molecule has 0 saturated carbocycles. The fourth-order valence-electron chi connectivity index (χ4n) is 2.07. The maximum absolute atomic E-state index is 12.4. The number of hydrogen-bond acceptors (Lipinski definition) is 5. The summed E-state index contributed by atoms with van der Waals surface area (Å²) >= 11 is 0. The van der Waals surface area contributed by atoms with Gasteiger partial charge in [-0.15, -0.1) is 0 Å². The first-order valence-electron chi connectivity index (χ1n) is 7.64. The molecule has 0 heterocycles. The lowest BCUT2D eigenvalue weighted by molar-refractivity contribution is -0.118. The maximum atomic E-state index is 12.4. The zero-order valence-corrected chi connectivity index (χ0v) is 14.9. The van der Waals surface area contributed by atoms with Gasteiger partial charge in [0.1, 0.15) is 5.75 Å². The summed E-state index contributed by atoms with van der Waals surface area (Å²) < 4.78 is 30.5. The number of ether oxygens (including phenoxy) is 1. The van der Waals surface area contributed by atoms with Crippen LogP contribution in [0, 0.1) is 0 Å². The highest BCUT2D eigenvalue weighted by molar-refractivity contribution is 7.92. The third kappa shape index (κ3) is 6.10. The predicted molar refractivity (Wildman–Crippen MR) is 98.6 cm³/mol. The molecule has 2 amide bonds. The largest absolute Gasteiger partial charge is 0.493 e. The molecule has 0 aliphatic carbocycles. The Morgan fingerprint density at radius 1 is 1.08 bits per heavy atom. The third-order valence-electron chi connectivity index (χ3n) is 3.20. The second-order valence-electron chi connectivity index (χ2n) is 5.46. The van der Waals surface area contributed by atoms with Crippen molar-refractivity contribution < 1.29 is 22.7 Å². The molecular formula is C17H19N3O5S. The van der Waals surface area contributed by atoms with Crippen molar-refractivity contribution in [3.05, 3.63) is 54.1 Å². The minimum absolute atomic E-state index is 0.114. The van der Waals surface area contributed by atoms with E-state index < -0.39 is 21.8 Å². The predicted octanol–water partition coefficient (Wildman–Crippen LogP) is 1.56. The van der Waals surface area contributed by atoms with E-state index in [1.807, 2.05) is 0 Å². The van der Waals surface area contributed by atoms with E-state index in [9.17, 15) is 18.0 Å². The normalized spacial score (nSPS) is 10.8. The van der Waals surface area contributed by atoms with E-state index in [1.54, 1.807) is 36.4 Å². The number of nitrogens with two attached hydrogens (primary N) is 1. The van der Waals surface area contributed by atoms with E-state index in [2.05, 4.69) is 10.0 Å². The molecule has 0 unspecified atom stereocenters. The lowest BCUT2D eigenvalue weighted by atomic mass is 10.1. The smallest absolute Gasteiger partial charge is 0.257 e. The molecule has 2 aromatic carbocycles. The van der Waals surface area contributed by atoms with Gasteiger partial charge in [-0.2, -0.15) is 0 Å². The lowest BCUT2D eigenvalue weighted by Crippen LogP contribution is -2.17. The number of primary amides is 1. The Morgan fingerprint density at radius 3 is 2.35 bits per heavy atom. The Balaban J connectivity index is 2.05. The molecule has 0 fully saturated rings. The Morgan fingerprint density at radius 2 is 1.73 bits per heavy atom. The molecule has 2 aromatic rings. The van der Waals surface area contributed by atoms with Crippen LogP contribution in [0.4, 0.5) is 11.4 Å². The summed E-state index contributed by atoms with van der Waals surface area (Å²) in [5, 5.41) is 2.68. The van der Waals surface area contributed by atoms with Gasteiger partial charge in [-0.1, -0.05) is 12.1 Å². The summed E-state index contributed by atoms with van der Waals surface area (Å²) in [6.07, 6.45) is 1.13. The maximum Gasteiger partial charge on any atom is 0.257 e. The number of nitrogens with one attached hydrogen (secondary N) is 2. The number of benzene rings is 2. The Hall–Kier alpha value is -3.07. The highest BCUT2D eigenvalue weighted by Gasteiger charge is 2.14. The SMILES string of the molecule is CS(=O)(=O)Nc1ccccc1C(=O)Nc1ccc(OCCC(N)=O)cc1. The van der Waals surface area contributed by atoms with Crippen molar-refractivity contribution in [2.45, 2.75) is 6.42 Å². The zero-order chi connectivity index (χ0) is 19.2. The number of carbonyl (C=O) groups excluding carboxylic acids is 2. The first-order valence-corrected chi connectivity index (χ1v) is 9.53. The van der Waals surface area contributed by atoms with Crippen molar-refractivity contribution in [1.29, 1.82) is 0 Å². The number of anilines is 2. The van der Waals surface area contributed by atoms with Crippen molar-refractivity contribution in [3.63, 3.8) is 0 Å². The summed E-state index contributed by atoms with van der Waals surface area (Å²) in [7, 11) is -3.51. The molecule has 8 nitrogen and oxygen atoms in total. The van der Waals surface area contributed by atoms with Gasteiger partial charge in [-0.05, 0) is 36.4 Å². The second-order valence-corrected chi connectivity index (χ2v) is 7.21. The van der Waals surface area contributed by atoms with Gasteiger partial charge >= 0.3 is 0 Å². The Labute approximate surface area is 151 Å². The average Bonchev–Trinajstić information content (AvgIpc) is 2.55. The van der Waals surface area contributed by atoms with Gasteiger partial charge in [0.25, 0.3) is 5.91 Å². The van der Waals surface area contributed by atoms with Crippen LogP contribution in [-0.2, 0) is 14.8 Å². The van der Waals surface area contributed by atoms with Crippen molar-refractivity contribution >= 4 is 33.2 Å². The Bertz CT molecular complexity index is 895. The van der Waals surface area contributed by atoms with Crippen LogP contribution in [-0.4, -0.2) is 33.1 Å². The fraction of sp³-hybridized carbons (Fsp3) is 0.176. The molecule has 0 aliphatic heterocycles. The summed E-state index contributed by atoms with van der Waals surface area (Å²) in [6, 6.07) is 12.8. The van der Waals surface area contributed by atoms with Gasteiger partial charge in [0.2, 0.25) is 15.9 Å². The highest BCUT2D eigenvalue weighted by Crippen LogP contribution is 2.20. The monoisotopic (exact) mass is 377 g/mol. The molecule has 0 aliphatic rings. The molecule has 0 radical (unpaired) electrons. The highest BCUT2D eigenvalue weighted by atomic mass is 32.2. The molecule has 2 rings (SSSR count). The van der Waals surface area contributed by atoms with E-state index in [-0.39, 0.29) is 24.3 Å². The Kier molecular flexibility index (Phi) is 6.18. The standard InChI is InChI=1S/C17H19N3O5S/c1-26(23,24)20-15-5-3-2-4-14(15)17(22)19-12-6-8-13(9-7-12)25-11-10-16(18)21/h2-9,20H,10-11H2,1H3,(H2,18,21)(H,19,22). The minimum atomic E-state index is -3.51. The quantitative estimate of drug-likeness (QED) is 0.643. The molecular weight excluding hydrogens is 358 g/mol. The van der Waals surface area contributed by atoms with Gasteiger partial charge in [-0.3, -0.25) is 14.3 Å². The molecule has 138 valence electrons. The molecule has 0 saturated heterocycles. The summed E-state index contributed by atoms with van der Waals surface area (Å²) in [4.78, 5) is 23.1. The molecule has 0 aromatic heterocycles. The number of rotatable bonds is 8. The van der Waals surface area contributed by atoms with E-state index in [0.717, 1.165) is 6.26 Å². The van der Waals surface area contributed by atoms with Crippen molar-refractivity contribution in [1.82, 2.24) is 0 Å². The number of amides is 2. The zero-order valence-electron chi connectivity index (χ0n) is 14.1. The van der Waals surface area contributed by atoms with Crippen molar-refractivity contribution in [3.8, 4) is 5.75 Å². The average molecular weight is 377 g/mol. The number of hydrogen-bond donors (Lipinski definition) is 3. The van der Waals surface area contributed by atoms with E-state index >= 15 is 0 Å². The van der Waals surface area contributed by atoms with Crippen LogP contribution in [0.15, 0.2) is 48.5 Å². The van der Waals surface area contributed by atoms with Gasteiger partial charge in [0, 0.05) is 5.69 Å². The van der Waals surface area contributed by atoms with E-state index in [4.69, 9.17) is 10.5 Å².